The Hall–Kier alpha value is -3.22. The maximum Gasteiger partial charge on any atom is 0.219 e. The highest BCUT2D eigenvalue weighted by molar-refractivity contribution is 5.88. The average molecular weight is 362 g/mol. The summed E-state index contributed by atoms with van der Waals surface area (Å²) in [7, 11) is 1.84. The van der Waals surface area contributed by atoms with Crippen molar-refractivity contribution in [3.05, 3.63) is 42.7 Å². The third-order valence-corrected chi connectivity index (χ3v) is 4.95. The topological polar surface area (TPSA) is 74.2 Å². The molecule has 0 spiro atoms. The Bertz CT molecular complexity index is 964. The molecule has 1 aliphatic rings. The molecule has 2 aromatic heterocycles. The molecule has 7 nitrogen and oxygen atoms in total. The van der Waals surface area contributed by atoms with Gasteiger partial charge in [0.15, 0.2) is 5.82 Å². The van der Waals surface area contributed by atoms with Crippen molar-refractivity contribution in [3.8, 4) is 11.3 Å². The number of rotatable bonds is 3. The smallest absolute Gasteiger partial charge is 0.219 e. The van der Waals surface area contributed by atoms with E-state index in [4.69, 9.17) is 0 Å². The van der Waals surface area contributed by atoms with Crippen LogP contribution in [0.5, 0.6) is 0 Å². The number of hydrogen-bond donors (Lipinski definition) is 1. The monoisotopic (exact) mass is 362 g/mol. The third-order valence-electron chi connectivity index (χ3n) is 4.95. The first-order valence-corrected chi connectivity index (χ1v) is 9.06. The number of amides is 1. The maximum absolute atomic E-state index is 11.5. The van der Waals surface area contributed by atoms with Crippen molar-refractivity contribution in [2.45, 2.75) is 6.92 Å². The first-order valence-electron chi connectivity index (χ1n) is 9.06. The van der Waals surface area contributed by atoms with Gasteiger partial charge in [-0.3, -0.25) is 9.78 Å². The van der Waals surface area contributed by atoms with E-state index < -0.39 is 0 Å². The normalized spacial score (nSPS) is 14.4. The molecule has 1 amide bonds. The zero-order chi connectivity index (χ0) is 18.8. The van der Waals surface area contributed by atoms with E-state index in [0.29, 0.717) is 0 Å². The second kappa shape index (κ2) is 7.19. The molecule has 0 saturated carbocycles. The average Bonchev–Trinajstić information content (AvgIpc) is 2.73. The number of anilines is 2. The second-order valence-electron chi connectivity index (χ2n) is 6.57. The van der Waals surface area contributed by atoms with Crippen molar-refractivity contribution < 1.29 is 4.79 Å². The lowest BCUT2D eigenvalue weighted by molar-refractivity contribution is -0.129. The van der Waals surface area contributed by atoms with Crippen molar-refractivity contribution in [2.24, 2.45) is 0 Å². The van der Waals surface area contributed by atoms with Crippen LogP contribution in [0, 0.1) is 0 Å². The summed E-state index contributed by atoms with van der Waals surface area (Å²) in [5.74, 6) is 0.871. The lowest BCUT2D eigenvalue weighted by Gasteiger charge is -2.35. The minimum atomic E-state index is 0.149. The van der Waals surface area contributed by atoms with Crippen LogP contribution in [0.1, 0.15) is 6.92 Å². The van der Waals surface area contributed by atoms with E-state index in [2.05, 4.69) is 49.4 Å². The molecule has 4 rings (SSSR count). The van der Waals surface area contributed by atoms with E-state index in [1.54, 1.807) is 19.3 Å². The molecule has 1 fully saturated rings. The first kappa shape index (κ1) is 17.2. The van der Waals surface area contributed by atoms with Crippen molar-refractivity contribution in [1.82, 2.24) is 19.9 Å². The van der Waals surface area contributed by atoms with Crippen LogP contribution in [0.2, 0.25) is 0 Å². The van der Waals surface area contributed by atoms with Crippen molar-refractivity contribution in [3.63, 3.8) is 0 Å². The molecule has 1 aliphatic heterocycles. The van der Waals surface area contributed by atoms with Gasteiger partial charge in [-0.15, -0.1) is 0 Å². The summed E-state index contributed by atoms with van der Waals surface area (Å²) in [5, 5.41) is 3.10. The molecular weight excluding hydrogens is 340 g/mol. The van der Waals surface area contributed by atoms with Crippen LogP contribution in [0.15, 0.2) is 42.7 Å². The molecule has 138 valence electrons. The highest BCUT2D eigenvalue weighted by Crippen LogP contribution is 2.27. The Morgan fingerprint density at radius 2 is 1.74 bits per heavy atom. The molecule has 1 aromatic carbocycles. The summed E-state index contributed by atoms with van der Waals surface area (Å²) in [5.41, 5.74) is 4.64. The molecule has 0 radical (unpaired) electrons. The standard InChI is InChI=1S/C20H22N6O/c1-14(27)25-9-11-26(12-10-25)16-5-3-15(4-6-16)17-13-18-19(20(21-2)24-17)23-8-7-22-18/h3-8,13H,9-12H2,1-2H3,(H,21,24). The lowest BCUT2D eigenvalue weighted by Crippen LogP contribution is -2.48. The van der Waals surface area contributed by atoms with Gasteiger partial charge in [-0.05, 0) is 18.2 Å². The molecule has 3 heterocycles. The van der Waals surface area contributed by atoms with Gasteiger partial charge in [-0.2, -0.15) is 0 Å². The summed E-state index contributed by atoms with van der Waals surface area (Å²) < 4.78 is 0. The molecule has 1 saturated heterocycles. The summed E-state index contributed by atoms with van der Waals surface area (Å²) in [6.45, 7) is 4.88. The van der Waals surface area contributed by atoms with Gasteiger partial charge in [-0.1, -0.05) is 12.1 Å². The molecule has 0 aliphatic carbocycles. The summed E-state index contributed by atoms with van der Waals surface area (Å²) in [6, 6.07) is 10.3. The van der Waals surface area contributed by atoms with Crippen molar-refractivity contribution >= 4 is 28.4 Å². The number of piperazine rings is 1. The van der Waals surface area contributed by atoms with Crippen LogP contribution in [-0.2, 0) is 4.79 Å². The van der Waals surface area contributed by atoms with Gasteiger partial charge in [0, 0.05) is 63.8 Å². The Morgan fingerprint density at radius 3 is 2.41 bits per heavy atom. The number of nitrogens with zero attached hydrogens (tertiary/aromatic N) is 5. The van der Waals surface area contributed by atoms with E-state index in [0.717, 1.165) is 60.0 Å². The Balaban J connectivity index is 1.58. The number of hydrogen-bond acceptors (Lipinski definition) is 6. The van der Waals surface area contributed by atoms with Gasteiger partial charge in [0.05, 0.1) is 11.2 Å². The number of carbonyl (C=O) groups excluding carboxylic acids is 1. The predicted octanol–water partition coefficient (Wildman–Crippen LogP) is 2.40. The van der Waals surface area contributed by atoms with Crippen molar-refractivity contribution in [2.75, 3.05) is 43.4 Å². The van der Waals surface area contributed by atoms with Crippen LogP contribution in [0.4, 0.5) is 11.5 Å². The van der Waals surface area contributed by atoms with Gasteiger partial charge >= 0.3 is 0 Å². The molecule has 0 unspecified atom stereocenters. The number of nitrogens with one attached hydrogen (secondary N) is 1. The fraction of sp³-hybridized carbons (Fsp3) is 0.300. The van der Waals surface area contributed by atoms with Gasteiger partial charge in [0.2, 0.25) is 5.91 Å². The van der Waals surface area contributed by atoms with Gasteiger partial charge in [0.25, 0.3) is 0 Å². The minimum Gasteiger partial charge on any atom is -0.371 e. The SMILES string of the molecule is CNc1nc(-c2ccc(N3CCN(C(C)=O)CC3)cc2)cc2nccnc12. The lowest BCUT2D eigenvalue weighted by atomic mass is 10.1. The zero-order valence-electron chi connectivity index (χ0n) is 15.5. The third kappa shape index (κ3) is 3.40. The highest BCUT2D eigenvalue weighted by Gasteiger charge is 2.18. The van der Waals surface area contributed by atoms with Crippen LogP contribution in [0.25, 0.3) is 22.3 Å². The molecule has 3 aromatic rings. The van der Waals surface area contributed by atoms with Gasteiger partial charge in [0.1, 0.15) is 5.52 Å². The second-order valence-corrected chi connectivity index (χ2v) is 6.57. The quantitative estimate of drug-likeness (QED) is 0.771. The molecular formula is C20H22N6O. The van der Waals surface area contributed by atoms with Crippen molar-refractivity contribution in [1.29, 1.82) is 0 Å². The van der Waals surface area contributed by atoms with E-state index in [-0.39, 0.29) is 5.91 Å². The Kier molecular flexibility index (Phi) is 4.58. The highest BCUT2D eigenvalue weighted by atomic mass is 16.2. The minimum absolute atomic E-state index is 0.149. The molecule has 0 atom stereocenters. The van der Waals surface area contributed by atoms with E-state index >= 15 is 0 Å². The summed E-state index contributed by atoms with van der Waals surface area (Å²) in [4.78, 5) is 29.1. The number of fused-ring (bicyclic) bond motifs is 1. The summed E-state index contributed by atoms with van der Waals surface area (Å²) >= 11 is 0. The van der Waals surface area contributed by atoms with Crippen LogP contribution < -0.4 is 10.2 Å². The fourth-order valence-electron chi connectivity index (χ4n) is 3.42. The molecule has 27 heavy (non-hydrogen) atoms. The number of carbonyl (C=O) groups is 1. The summed E-state index contributed by atoms with van der Waals surface area (Å²) in [6.07, 6.45) is 3.36. The number of pyridine rings is 1. The van der Waals surface area contributed by atoms with Crippen LogP contribution in [0.3, 0.4) is 0 Å². The first-order chi connectivity index (χ1) is 13.2. The van der Waals surface area contributed by atoms with E-state index in [1.165, 1.54) is 0 Å². The predicted molar refractivity (Wildman–Crippen MR) is 107 cm³/mol. The van der Waals surface area contributed by atoms with Crippen LogP contribution >= 0.6 is 0 Å². The number of aromatic nitrogens is 3. The van der Waals surface area contributed by atoms with Gasteiger partial charge < -0.3 is 15.1 Å². The number of benzene rings is 1. The van der Waals surface area contributed by atoms with E-state index in [9.17, 15) is 4.79 Å². The Labute approximate surface area is 158 Å². The fourth-order valence-corrected chi connectivity index (χ4v) is 3.42. The Morgan fingerprint density at radius 1 is 1.04 bits per heavy atom. The zero-order valence-corrected chi connectivity index (χ0v) is 15.5. The van der Waals surface area contributed by atoms with Gasteiger partial charge in [-0.25, -0.2) is 9.97 Å². The molecule has 1 N–H and O–H groups in total. The van der Waals surface area contributed by atoms with Crippen LogP contribution in [-0.4, -0.2) is 59.0 Å². The van der Waals surface area contributed by atoms with E-state index in [1.807, 2.05) is 18.0 Å². The largest absolute Gasteiger partial charge is 0.371 e. The maximum atomic E-state index is 11.5. The molecule has 7 heteroatoms. The molecule has 0 bridgehead atoms.